The molecule has 84 valence electrons. The number of methoxy groups -OCH3 is 1. The normalized spacial score (nSPS) is 28.4. The monoisotopic (exact) mass is 216 g/mol. The molecule has 0 aromatic heterocycles. The summed E-state index contributed by atoms with van der Waals surface area (Å²) in [5, 5.41) is 8.80. The van der Waals surface area contributed by atoms with Gasteiger partial charge in [0.1, 0.15) is 0 Å². The molecule has 5 heteroatoms. The zero-order chi connectivity index (χ0) is 11.8. The van der Waals surface area contributed by atoms with Crippen molar-refractivity contribution >= 4 is 11.9 Å². The first kappa shape index (κ1) is 11.7. The minimum atomic E-state index is -1.07. The van der Waals surface area contributed by atoms with Crippen molar-refractivity contribution in [2.24, 2.45) is 17.3 Å². The molecular formula is C10H13FO4. The number of ether oxygens (including phenoxy) is 1. The van der Waals surface area contributed by atoms with Crippen LogP contribution in [-0.4, -0.2) is 24.2 Å². The average molecular weight is 216 g/mol. The van der Waals surface area contributed by atoms with Crippen molar-refractivity contribution in [2.75, 3.05) is 7.11 Å². The SMILES string of the molecule is COC(=O)C(F)=CC1[C@@H](C(=O)O)C1(C)C. The Kier molecular flexibility index (Phi) is 2.83. The van der Waals surface area contributed by atoms with Crippen LogP contribution >= 0.6 is 0 Å². The van der Waals surface area contributed by atoms with E-state index in [-0.39, 0.29) is 0 Å². The van der Waals surface area contributed by atoms with Gasteiger partial charge in [0.15, 0.2) is 0 Å². The Labute approximate surface area is 86.7 Å². The highest BCUT2D eigenvalue weighted by Gasteiger charge is 2.61. The fourth-order valence-electron chi connectivity index (χ4n) is 1.78. The number of esters is 1. The van der Waals surface area contributed by atoms with Gasteiger partial charge in [-0.05, 0) is 17.4 Å². The van der Waals surface area contributed by atoms with E-state index >= 15 is 0 Å². The van der Waals surface area contributed by atoms with Crippen LogP contribution in [0.1, 0.15) is 13.8 Å². The first-order valence-electron chi connectivity index (χ1n) is 4.50. The summed E-state index contributed by atoms with van der Waals surface area (Å²) in [4.78, 5) is 21.5. The number of carbonyl (C=O) groups is 2. The largest absolute Gasteiger partial charge is 0.481 e. The highest BCUT2D eigenvalue weighted by atomic mass is 19.1. The predicted molar refractivity (Wildman–Crippen MR) is 49.6 cm³/mol. The van der Waals surface area contributed by atoms with Crippen LogP contribution in [0.5, 0.6) is 0 Å². The van der Waals surface area contributed by atoms with Gasteiger partial charge in [-0.15, -0.1) is 0 Å². The fraction of sp³-hybridized carbons (Fsp3) is 0.600. The molecule has 1 aliphatic rings. The molecule has 0 saturated heterocycles. The van der Waals surface area contributed by atoms with E-state index in [1.54, 1.807) is 13.8 Å². The zero-order valence-electron chi connectivity index (χ0n) is 8.78. The number of hydrogen-bond donors (Lipinski definition) is 1. The molecule has 1 rings (SSSR count). The summed E-state index contributed by atoms with van der Waals surface area (Å²) in [6.45, 7) is 3.44. The van der Waals surface area contributed by atoms with Crippen molar-refractivity contribution < 1.29 is 23.8 Å². The summed E-state index contributed by atoms with van der Waals surface area (Å²) in [6, 6.07) is 0. The van der Waals surface area contributed by atoms with Crippen LogP contribution < -0.4 is 0 Å². The molecule has 0 bridgehead atoms. The van der Waals surface area contributed by atoms with Crippen LogP contribution in [0, 0.1) is 17.3 Å². The molecule has 1 saturated carbocycles. The Bertz CT molecular complexity index is 332. The van der Waals surface area contributed by atoms with Gasteiger partial charge in [0, 0.05) is 0 Å². The number of rotatable bonds is 3. The standard InChI is InChI=1S/C10H13FO4/c1-10(2)5(7(10)8(12)13)4-6(11)9(14)15-3/h4-5,7H,1-3H3,(H,12,13)/t5?,7-/m0/s1. The molecule has 4 nitrogen and oxygen atoms in total. The minimum absolute atomic E-state index is 0.450. The molecule has 0 radical (unpaired) electrons. The Morgan fingerprint density at radius 1 is 1.47 bits per heavy atom. The molecule has 1 aliphatic carbocycles. The zero-order valence-corrected chi connectivity index (χ0v) is 8.78. The van der Waals surface area contributed by atoms with E-state index in [0.29, 0.717) is 0 Å². The molecule has 1 N–H and O–H groups in total. The number of carbonyl (C=O) groups excluding carboxylic acids is 1. The van der Waals surface area contributed by atoms with Gasteiger partial charge in [0.25, 0.3) is 0 Å². The van der Waals surface area contributed by atoms with Crippen LogP contribution in [0.15, 0.2) is 11.9 Å². The van der Waals surface area contributed by atoms with E-state index in [1.165, 1.54) is 0 Å². The summed E-state index contributed by atoms with van der Waals surface area (Å²) in [5.74, 6) is -4.15. The molecule has 15 heavy (non-hydrogen) atoms. The third kappa shape index (κ3) is 2.00. The first-order valence-corrected chi connectivity index (χ1v) is 4.50. The maximum absolute atomic E-state index is 13.1. The Morgan fingerprint density at radius 3 is 2.33 bits per heavy atom. The maximum Gasteiger partial charge on any atom is 0.366 e. The number of aliphatic carboxylic acids is 1. The van der Waals surface area contributed by atoms with E-state index in [1.807, 2.05) is 0 Å². The number of halogens is 1. The molecule has 0 aromatic rings. The maximum atomic E-state index is 13.1. The Morgan fingerprint density at radius 2 is 2.00 bits per heavy atom. The van der Waals surface area contributed by atoms with Gasteiger partial charge in [-0.2, -0.15) is 4.39 Å². The van der Waals surface area contributed by atoms with Gasteiger partial charge in [-0.1, -0.05) is 13.8 Å². The van der Waals surface area contributed by atoms with E-state index in [0.717, 1.165) is 13.2 Å². The van der Waals surface area contributed by atoms with E-state index in [4.69, 9.17) is 5.11 Å². The van der Waals surface area contributed by atoms with Crippen LogP contribution in [0.3, 0.4) is 0 Å². The number of carboxylic acid groups (broad SMARTS) is 1. The van der Waals surface area contributed by atoms with Crippen LogP contribution in [-0.2, 0) is 14.3 Å². The van der Waals surface area contributed by atoms with E-state index in [2.05, 4.69) is 4.74 Å². The lowest BCUT2D eigenvalue weighted by Gasteiger charge is -1.97. The minimum Gasteiger partial charge on any atom is -0.481 e. The van der Waals surface area contributed by atoms with Crippen molar-refractivity contribution in [2.45, 2.75) is 13.8 Å². The molecule has 0 heterocycles. The third-order valence-electron chi connectivity index (χ3n) is 2.88. The second-order valence-corrected chi connectivity index (χ2v) is 4.17. The second kappa shape index (κ2) is 3.64. The van der Waals surface area contributed by atoms with Gasteiger partial charge < -0.3 is 9.84 Å². The molecule has 1 unspecified atom stereocenters. The highest BCUT2D eigenvalue weighted by Crippen LogP contribution is 2.59. The van der Waals surface area contributed by atoms with Crippen molar-refractivity contribution in [1.82, 2.24) is 0 Å². The van der Waals surface area contributed by atoms with Crippen molar-refractivity contribution in [1.29, 1.82) is 0 Å². The predicted octanol–water partition coefficient (Wildman–Crippen LogP) is 1.37. The molecule has 1 fully saturated rings. The summed E-state index contributed by atoms with van der Waals surface area (Å²) in [6.07, 6.45) is 1.03. The summed E-state index contributed by atoms with van der Waals surface area (Å²) >= 11 is 0. The van der Waals surface area contributed by atoms with Gasteiger partial charge in [0.2, 0.25) is 5.83 Å². The lowest BCUT2D eigenvalue weighted by Crippen LogP contribution is -2.03. The highest BCUT2D eigenvalue weighted by molar-refractivity contribution is 5.86. The topological polar surface area (TPSA) is 63.6 Å². The molecule has 0 aliphatic heterocycles. The van der Waals surface area contributed by atoms with Gasteiger partial charge in [-0.3, -0.25) is 4.79 Å². The van der Waals surface area contributed by atoms with Gasteiger partial charge in [0.05, 0.1) is 13.0 Å². The van der Waals surface area contributed by atoms with Crippen LogP contribution in [0.4, 0.5) is 4.39 Å². The third-order valence-corrected chi connectivity index (χ3v) is 2.88. The van der Waals surface area contributed by atoms with Gasteiger partial charge in [-0.25, -0.2) is 4.79 Å². The molecule has 0 amide bonds. The lowest BCUT2D eigenvalue weighted by atomic mass is 10.1. The van der Waals surface area contributed by atoms with Crippen molar-refractivity contribution in [3.63, 3.8) is 0 Å². The lowest BCUT2D eigenvalue weighted by molar-refractivity contribution is -0.140. The first-order chi connectivity index (χ1) is 6.82. The van der Waals surface area contributed by atoms with Crippen molar-refractivity contribution in [3.05, 3.63) is 11.9 Å². The fourth-order valence-corrected chi connectivity index (χ4v) is 1.78. The summed E-state index contributed by atoms with van der Waals surface area (Å²) in [5.41, 5.74) is -0.503. The molecular weight excluding hydrogens is 203 g/mol. The number of carboxylic acids is 1. The van der Waals surface area contributed by atoms with Gasteiger partial charge >= 0.3 is 11.9 Å². The second-order valence-electron chi connectivity index (χ2n) is 4.17. The smallest absolute Gasteiger partial charge is 0.366 e. The average Bonchev–Trinajstić information content (AvgIpc) is 2.66. The summed E-state index contributed by atoms with van der Waals surface area (Å²) < 4.78 is 17.2. The Hall–Kier alpha value is -1.39. The summed E-state index contributed by atoms with van der Waals surface area (Å²) in [7, 11) is 1.07. The van der Waals surface area contributed by atoms with Crippen molar-refractivity contribution in [3.8, 4) is 0 Å². The number of hydrogen-bond acceptors (Lipinski definition) is 3. The molecule has 0 spiro atoms. The van der Waals surface area contributed by atoms with Crippen LogP contribution in [0.25, 0.3) is 0 Å². The van der Waals surface area contributed by atoms with Crippen LogP contribution in [0.2, 0.25) is 0 Å². The molecule has 2 atom stereocenters. The number of allylic oxidation sites excluding steroid dienone is 1. The quantitative estimate of drug-likeness (QED) is 0.571. The van der Waals surface area contributed by atoms with E-state index in [9.17, 15) is 14.0 Å². The van der Waals surface area contributed by atoms with E-state index < -0.39 is 35.0 Å². The Balaban J connectivity index is 2.78. The molecule has 0 aromatic carbocycles.